The maximum Gasteiger partial charge on any atom is 0.276 e. The van der Waals surface area contributed by atoms with Crippen molar-refractivity contribution in [2.24, 2.45) is 0 Å². The molecule has 1 fully saturated rings. The van der Waals surface area contributed by atoms with Gasteiger partial charge in [0, 0.05) is 38.3 Å². The number of rotatable bonds is 6. The van der Waals surface area contributed by atoms with Gasteiger partial charge < -0.3 is 24.0 Å². The van der Waals surface area contributed by atoms with Gasteiger partial charge in [-0.05, 0) is 31.2 Å². The highest BCUT2D eigenvalue weighted by Gasteiger charge is 2.29. The van der Waals surface area contributed by atoms with Crippen molar-refractivity contribution in [2.45, 2.75) is 6.92 Å². The Bertz CT molecular complexity index is 1200. The second-order valence-corrected chi connectivity index (χ2v) is 7.79. The smallest absolute Gasteiger partial charge is 0.276 e. The predicted octanol–water partition coefficient (Wildman–Crippen LogP) is 2.20. The molecule has 0 bridgehead atoms. The highest BCUT2D eigenvalue weighted by molar-refractivity contribution is 5.98. The number of carbonyl (C=O) groups is 2. The Kier molecular flexibility index (Phi) is 6.67. The van der Waals surface area contributed by atoms with Gasteiger partial charge in [0.05, 0.1) is 38.3 Å². The molecule has 0 radical (unpaired) electrons. The first-order valence-electron chi connectivity index (χ1n) is 10.8. The number of ether oxygens (including phenoxy) is 3. The summed E-state index contributed by atoms with van der Waals surface area (Å²) < 4.78 is 17.5. The Balaban J connectivity index is 1.44. The molecule has 10 nitrogen and oxygen atoms in total. The maximum absolute atomic E-state index is 13.2. The van der Waals surface area contributed by atoms with Crippen LogP contribution in [0.15, 0.2) is 42.5 Å². The van der Waals surface area contributed by atoms with Gasteiger partial charge in [0.2, 0.25) is 0 Å². The summed E-state index contributed by atoms with van der Waals surface area (Å²) in [5.74, 6) is 1.40. The summed E-state index contributed by atoms with van der Waals surface area (Å²) in [4.78, 5) is 29.6. The summed E-state index contributed by atoms with van der Waals surface area (Å²) in [5, 5.41) is 8.30. The van der Waals surface area contributed by atoms with Gasteiger partial charge in [-0.2, -0.15) is 0 Å². The molecule has 0 atom stereocenters. The lowest BCUT2D eigenvalue weighted by molar-refractivity contribution is 0.0530. The van der Waals surface area contributed by atoms with Crippen LogP contribution in [0.1, 0.15) is 26.5 Å². The standard InChI is InChI=1S/C24H27N5O5/c1-16-22(25-26-29(16)17-6-5-7-18(14-17)32-2)24(31)28-12-10-27(11-13-28)23(30)20-9-8-19(33-3)15-21(20)34-4/h5-9,14-15H,10-13H2,1-4H3. The minimum absolute atomic E-state index is 0.147. The van der Waals surface area contributed by atoms with Crippen molar-refractivity contribution >= 4 is 11.8 Å². The molecule has 2 amide bonds. The monoisotopic (exact) mass is 465 g/mol. The minimum atomic E-state index is -0.208. The largest absolute Gasteiger partial charge is 0.497 e. The van der Waals surface area contributed by atoms with Gasteiger partial charge in [-0.1, -0.05) is 11.3 Å². The van der Waals surface area contributed by atoms with Crippen molar-refractivity contribution in [3.05, 3.63) is 59.4 Å². The van der Waals surface area contributed by atoms with Gasteiger partial charge in [0.15, 0.2) is 5.69 Å². The van der Waals surface area contributed by atoms with Crippen LogP contribution in [0.4, 0.5) is 0 Å². The van der Waals surface area contributed by atoms with Crippen LogP contribution in [0.2, 0.25) is 0 Å². The second kappa shape index (κ2) is 9.82. The van der Waals surface area contributed by atoms with E-state index in [-0.39, 0.29) is 11.8 Å². The van der Waals surface area contributed by atoms with Crippen molar-refractivity contribution < 1.29 is 23.8 Å². The molecular formula is C24H27N5O5. The Labute approximate surface area is 197 Å². The molecule has 1 aliphatic rings. The van der Waals surface area contributed by atoms with E-state index in [4.69, 9.17) is 14.2 Å². The molecule has 1 aromatic heterocycles. The van der Waals surface area contributed by atoms with Crippen molar-refractivity contribution in [3.63, 3.8) is 0 Å². The van der Waals surface area contributed by atoms with E-state index in [1.807, 2.05) is 31.2 Å². The molecule has 10 heteroatoms. The topological polar surface area (TPSA) is 99.0 Å². The number of hydrogen-bond donors (Lipinski definition) is 0. The van der Waals surface area contributed by atoms with Crippen LogP contribution in [-0.4, -0.2) is 84.1 Å². The van der Waals surface area contributed by atoms with E-state index < -0.39 is 0 Å². The van der Waals surface area contributed by atoms with Gasteiger partial charge in [-0.3, -0.25) is 9.59 Å². The van der Waals surface area contributed by atoms with E-state index in [1.165, 1.54) is 7.11 Å². The molecule has 3 aromatic rings. The van der Waals surface area contributed by atoms with Gasteiger partial charge in [0.1, 0.15) is 17.2 Å². The Morgan fingerprint density at radius 2 is 1.47 bits per heavy atom. The SMILES string of the molecule is COc1cccc(-n2nnc(C(=O)N3CCN(C(=O)c4ccc(OC)cc4OC)CC3)c2C)c1. The number of aromatic nitrogens is 3. The first-order chi connectivity index (χ1) is 16.5. The number of methoxy groups -OCH3 is 3. The molecule has 2 heterocycles. The highest BCUT2D eigenvalue weighted by atomic mass is 16.5. The van der Waals surface area contributed by atoms with Gasteiger partial charge in [-0.25, -0.2) is 4.68 Å². The third-order valence-electron chi connectivity index (χ3n) is 5.89. The molecule has 0 saturated carbocycles. The lowest BCUT2D eigenvalue weighted by atomic mass is 10.1. The number of piperazine rings is 1. The van der Waals surface area contributed by atoms with Crippen LogP contribution in [0.25, 0.3) is 5.69 Å². The van der Waals surface area contributed by atoms with E-state index in [0.717, 1.165) is 5.69 Å². The van der Waals surface area contributed by atoms with Crippen molar-refractivity contribution in [2.75, 3.05) is 47.5 Å². The zero-order chi connectivity index (χ0) is 24.2. The predicted molar refractivity (Wildman–Crippen MR) is 124 cm³/mol. The van der Waals surface area contributed by atoms with Crippen LogP contribution >= 0.6 is 0 Å². The highest BCUT2D eigenvalue weighted by Crippen LogP contribution is 2.26. The van der Waals surface area contributed by atoms with Gasteiger partial charge in [0.25, 0.3) is 11.8 Å². The van der Waals surface area contributed by atoms with E-state index in [9.17, 15) is 9.59 Å². The molecule has 0 aliphatic carbocycles. The molecular weight excluding hydrogens is 438 g/mol. The normalized spacial score (nSPS) is 13.5. The van der Waals surface area contributed by atoms with Crippen molar-refractivity contribution in [1.82, 2.24) is 24.8 Å². The zero-order valence-corrected chi connectivity index (χ0v) is 19.6. The average molecular weight is 466 g/mol. The van der Waals surface area contributed by atoms with E-state index in [0.29, 0.717) is 60.4 Å². The van der Waals surface area contributed by atoms with Crippen LogP contribution in [0.3, 0.4) is 0 Å². The minimum Gasteiger partial charge on any atom is -0.497 e. The molecule has 2 aromatic carbocycles. The maximum atomic E-state index is 13.2. The summed E-state index contributed by atoms with van der Waals surface area (Å²) in [6.07, 6.45) is 0. The van der Waals surface area contributed by atoms with Crippen LogP contribution in [-0.2, 0) is 0 Å². The molecule has 0 spiro atoms. The zero-order valence-electron chi connectivity index (χ0n) is 19.6. The molecule has 178 valence electrons. The molecule has 4 rings (SSSR count). The number of carbonyl (C=O) groups excluding carboxylic acids is 2. The van der Waals surface area contributed by atoms with Crippen LogP contribution in [0.5, 0.6) is 17.2 Å². The van der Waals surface area contributed by atoms with E-state index >= 15 is 0 Å². The fourth-order valence-corrected chi connectivity index (χ4v) is 3.92. The first-order valence-corrected chi connectivity index (χ1v) is 10.8. The van der Waals surface area contributed by atoms with Crippen LogP contribution in [0, 0.1) is 6.92 Å². The lowest BCUT2D eigenvalue weighted by Gasteiger charge is -2.34. The number of benzene rings is 2. The second-order valence-electron chi connectivity index (χ2n) is 7.79. The third kappa shape index (κ3) is 4.39. The first kappa shape index (κ1) is 23.1. The fourth-order valence-electron chi connectivity index (χ4n) is 3.92. The molecule has 1 saturated heterocycles. The Hall–Kier alpha value is -4.08. The number of hydrogen-bond acceptors (Lipinski definition) is 7. The third-order valence-corrected chi connectivity index (χ3v) is 5.89. The molecule has 0 N–H and O–H groups in total. The Morgan fingerprint density at radius 3 is 2.12 bits per heavy atom. The fraction of sp³-hybridized carbons (Fsp3) is 0.333. The number of amides is 2. The quantitative estimate of drug-likeness (QED) is 0.550. The summed E-state index contributed by atoms with van der Waals surface area (Å²) >= 11 is 0. The number of nitrogens with zero attached hydrogens (tertiary/aromatic N) is 5. The average Bonchev–Trinajstić information content (AvgIpc) is 3.28. The molecule has 1 aliphatic heterocycles. The Morgan fingerprint density at radius 1 is 0.824 bits per heavy atom. The van der Waals surface area contributed by atoms with E-state index in [1.54, 1.807) is 46.9 Å². The van der Waals surface area contributed by atoms with Gasteiger partial charge >= 0.3 is 0 Å². The summed E-state index contributed by atoms with van der Waals surface area (Å²) in [6.45, 7) is 3.41. The summed E-state index contributed by atoms with van der Waals surface area (Å²) in [6, 6.07) is 12.5. The van der Waals surface area contributed by atoms with E-state index in [2.05, 4.69) is 10.3 Å². The van der Waals surface area contributed by atoms with Crippen LogP contribution < -0.4 is 14.2 Å². The summed E-state index contributed by atoms with van der Waals surface area (Å²) in [5.41, 5.74) is 2.14. The molecule has 0 unspecified atom stereocenters. The van der Waals surface area contributed by atoms with Crippen molar-refractivity contribution in [1.29, 1.82) is 0 Å². The van der Waals surface area contributed by atoms with Gasteiger partial charge in [-0.15, -0.1) is 5.10 Å². The molecule has 34 heavy (non-hydrogen) atoms. The lowest BCUT2D eigenvalue weighted by Crippen LogP contribution is -2.50. The summed E-state index contributed by atoms with van der Waals surface area (Å²) in [7, 11) is 4.67. The van der Waals surface area contributed by atoms with Crippen molar-refractivity contribution in [3.8, 4) is 22.9 Å².